The van der Waals surface area contributed by atoms with Crippen LogP contribution in [-0.4, -0.2) is 20.9 Å². The minimum absolute atomic E-state index is 0.648. The maximum Gasteiger partial charge on any atom is 0.0832 e. The van der Waals surface area contributed by atoms with Crippen molar-refractivity contribution in [2.24, 2.45) is 0 Å². The fourth-order valence-electron chi connectivity index (χ4n) is 1.45. The van der Waals surface area contributed by atoms with Crippen LogP contribution >= 0.6 is 43.5 Å². The summed E-state index contributed by atoms with van der Waals surface area (Å²) >= 11 is 12.6. The molecule has 0 amide bonds. The van der Waals surface area contributed by atoms with Crippen molar-refractivity contribution in [1.82, 2.24) is 15.0 Å². The summed E-state index contributed by atoms with van der Waals surface area (Å²) in [6.07, 6.45) is 3.71. The van der Waals surface area contributed by atoms with E-state index >= 15 is 0 Å². The van der Waals surface area contributed by atoms with Crippen LogP contribution in [0.15, 0.2) is 33.3 Å². The van der Waals surface area contributed by atoms with Crippen LogP contribution in [0, 0.1) is 0 Å². The first-order valence-corrected chi connectivity index (χ1v) is 7.25. The molecule has 0 aliphatic carbocycles. The normalized spacial score (nSPS) is 10.8. The maximum atomic E-state index is 5.65. The molecule has 2 rings (SSSR count). The topological polar surface area (TPSA) is 30.7 Å². The highest BCUT2D eigenvalue weighted by molar-refractivity contribution is 9.11. The molecule has 0 bridgehead atoms. The fourth-order valence-corrected chi connectivity index (χ4v) is 2.81. The standard InChI is InChI=1S/C11H10Br2ClN3/c12-8-3-4-11(10(13)6-8)17-7-9(15-16-17)2-1-5-14/h3-4,6-7H,1-2,5H2. The molecule has 6 heteroatoms. The molecule has 3 nitrogen and oxygen atoms in total. The molecule has 0 saturated heterocycles. The van der Waals surface area contributed by atoms with Gasteiger partial charge in [-0.15, -0.1) is 16.7 Å². The third-order valence-electron chi connectivity index (χ3n) is 2.26. The third kappa shape index (κ3) is 3.30. The molecule has 0 N–H and O–H groups in total. The first-order valence-electron chi connectivity index (χ1n) is 5.13. The van der Waals surface area contributed by atoms with Crippen LogP contribution < -0.4 is 0 Å². The van der Waals surface area contributed by atoms with Gasteiger partial charge in [0.2, 0.25) is 0 Å². The summed E-state index contributed by atoms with van der Waals surface area (Å²) in [5, 5.41) is 8.22. The Bertz CT molecular complexity index is 513. The van der Waals surface area contributed by atoms with Gasteiger partial charge in [0.05, 0.1) is 17.6 Å². The van der Waals surface area contributed by atoms with Crippen molar-refractivity contribution in [3.05, 3.63) is 39.0 Å². The van der Waals surface area contributed by atoms with E-state index in [0.29, 0.717) is 5.88 Å². The molecule has 0 atom stereocenters. The zero-order valence-electron chi connectivity index (χ0n) is 8.91. The number of alkyl halides is 1. The number of benzene rings is 1. The zero-order valence-corrected chi connectivity index (χ0v) is 12.8. The Morgan fingerprint density at radius 3 is 2.82 bits per heavy atom. The van der Waals surface area contributed by atoms with E-state index in [0.717, 1.165) is 33.2 Å². The molecule has 17 heavy (non-hydrogen) atoms. The Labute approximate surface area is 121 Å². The van der Waals surface area contributed by atoms with Crippen molar-refractivity contribution in [1.29, 1.82) is 0 Å². The van der Waals surface area contributed by atoms with Gasteiger partial charge in [-0.25, -0.2) is 4.68 Å². The molecule has 2 aromatic rings. The van der Waals surface area contributed by atoms with Gasteiger partial charge < -0.3 is 0 Å². The lowest BCUT2D eigenvalue weighted by Gasteiger charge is -2.03. The van der Waals surface area contributed by atoms with E-state index in [1.165, 1.54) is 0 Å². The molecule has 0 aliphatic rings. The van der Waals surface area contributed by atoms with Gasteiger partial charge in [-0.3, -0.25) is 0 Å². The molecule has 0 saturated carbocycles. The van der Waals surface area contributed by atoms with E-state index < -0.39 is 0 Å². The Balaban J connectivity index is 2.24. The van der Waals surface area contributed by atoms with Crippen molar-refractivity contribution in [2.75, 3.05) is 5.88 Å². The lowest BCUT2D eigenvalue weighted by Crippen LogP contribution is -1.95. The third-order valence-corrected chi connectivity index (χ3v) is 3.66. The number of hydrogen-bond acceptors (Lipinski definition) is 2. The van der Waals surface area contributed by atoms with E-state index in [-0.39, 0.29) is 0 Å². The average Bonchev–Trinajstić information content (AvgIpc) is 2.75. The highest BCUT2D eigenvalue weighted by Crippen LogP contribution is 2.24. The van der Waals surface area contributed by atoms with Crippen molar-refractivity contribution < 1.29 is 0 Å². The molecule has 0 spiro atoms. The van der Waals surface area contributed by atoms with Gasteiger partial charge in [0.1, 0.15) is 0 Å². The summed E-state index contributed by atoms with van der Waals surface area (Å²) in [4.78, 5) is 0. The number of nitrogens with zero attached hydrogens (tertiary/aromatic N) is 3. The highest BCUT2D eigenvalue weighted by Gasteiger charge is 2.06. The molecule has 0 radical (unpaired) electrons. The molecule has 1 heterocycles. The molecule has 1 aromatic heterocycles. The molecular formula is C11H10Br2ClN3. The fraction of sp³-hybridized carbons (Fsp3) is 0.273. The Morgan fingerprint density at radius 2 is 2.12 bits per heavy atom. The zero-order chi connectivity index (χ0) is 12.3. The first-order chi connectivity index (χ1) is 8.20. The summed E-state index contributed by atoms with van der Waals surface area (Å²) in [6, 6.07) is 5.93. The Kier molecular flexibility index (Phi) is 4.59. The summed E-state index contributed by atoms with van der Waals surface area (Å²) < 4.78 is 3.76. The van der Waals surface area contributed by atoms with Gasteiger partial charge in [-0.2, -0.15) is 0 Å². The molecular weight excluding hydrogens is 369 g/mol. The van der Waals surface area contributed by atoms with Crippen LogP contribution in [-0.2, 0) is 6.42 Å². The Morgan fingerprint density at radius 1 is 1.29 bits per heavy atom. The minimum atomic E-state index is 0.648. The average molecular weight is 379 g/mol. The van der Waals surface area contributed by atoms with E-state index in [2.05, 4.69) is 42.2 Å². The number of rotatable bonds is 4. The van der Waals surface area contributed by atoms with Crippen molar-refractivity contribution in [3.63, 3.8) is 0 Å². The summed E-state index contributed by atoms with van der Waals surface area (Å²) in [5.74, 6) is 0.648. The first kappa shape index (κ1) is 13.1. The second kappa shape index (κ2) is 5.98. The molecule has 0 unspecified atom stereocenters. The van der Waals surface area contributed by atoms with Crippen molar-refractivity contribution >= 4 is 43.5 Å². The van der Waals surface area contributed by atoms with E-state index in [9.17, 15) is 0 Å². The monoisotopic (exact) mass is 377 g/mol. The van der Waals surface area contributed by atoms with E-state index in [4.69, 9.17) is 11.6 Å². The smallest absolute Gasteiger partial charge is 0.0832 e. The van der Waals surface area contributed by atoms with Gasteiger partial charge in [-0.1, -0.05) is 21.1 Å². The van der Waals surface area contributed by atoms with Crippen LogP contribution in [0.25, 0.3) is 5.69 Å². The predicted octanol–water partition coefficient (Wildman–Crippen LogP) is 3.96. The predicted molar refractivity (Wildman–Crippen MR) is 75.8 cm³/mol. The highest BCUT2D eigenvalue weighted by atomic mass is 79.9. The molecule has 0 aliphatic heterocycles. The van der Waals surface area contributed by atoms with E-state index in [1.54, 1.807) is 4.68 Å². The van der Waals surface area contributed by atoms with Gasteiger partial charge in [-0.05, 0) is 47.0 Å². The lowest BCUT2D eigenvalue weighted by molar-refractivity contribution is 0.789. The Hall–Kier alpha value is -0.390. The van der Waals surface area contributed by atoms with Gasteiger partial charge in [0, 0.05) is 14.8 Å². The van der Waals surface area contributed by atoms with Crippen LogP contribution in [0.2, 0.25) is 0 Å². The second-order valence-electron chi connectivity index (χ2n) is 3.54. The maximum absolute atomic E-state index is 5.65. The lowest BCUT2D eigenvalue weighted by atomic mass is 10.3. The van der Waals surface area contributed by atoms with Gasteiger partial charge in [0.15, 0.2) is 0 Å². The SMILES string of the molecule is ClCCCc1cn(-c2ccc(Br)cc2Br)nn1. The van der Waals surface area contributed by atoms with Gasteiger partial charge in [0.25, 0.3) is 0 Å². The molecule has 90 valence electrons. The largest absolute Gasteiger partial charge is 0.219 e. The summed E-state index contributed by atoms with van der Waals surface area (Å²) in [7, 11) is 0. The van der Waals surface area contributed by atoms with Crippen molar-refractivity contribution in [2.45, 2.75) is 12.8 Å². The van der Waals surface area contributed by atoms with Crippen LogP contribution in [0.1, 0.15) is 12.1 Å². The minimum Gasteiger partial charge on any atom is -0.219 e. The number of hydrogen-bond donors (Lipinski definition) is 0. The van der Waals surface area contributed by atoms with E-state index in [1.807, 2.05) is 24.4 Å². The number of halogens is 3. The summed E-state index contributed by atoms with van der Waals surface area (Å²) in [5.41, 5.74) is 1.93. The van der Waals surface area contributed by atoms with Crippen LogP contribution in [0.3, 0.4) is 0 Å². The summed E-state index contributed by atoms with van der Waals surface area (Å²) in [6.45, 7) is 0. The van der Waals surface area contributed by atoms with Crippen molar-refractivity contribution in [3.8, 4) is 5.69 Å². The number of aryl methyl sites for hydroxylation is 1. The molecule has 0 fully saturated rings. The molecule has 1 aromatic carbocycles. The van der Waals surface area contributed by atoms with Gasteiger partial charge >= 0.3 is 0 Å². The second-order valence-corrected chi connectivity index (χ2v) is 5.69. The number of aromatic nitrogens is 3. The van der Waals surface area contributed by atoms with Crippen LogP contribution in [0.5, 0.6) is 0 Å². The van der Waals surface area contributed by atoms with Crippen LogP contribution in [0.4, 0.5) is 0 Å². The quantitative estimate of drug-likeness (QED) is 0.753.